The minimum Gasteiger partial charge on any atom is -0.261 e. The molecule has 1 saturated carbocycles. The average Bonchev–Trinajstić information content (AvgIpc) is 3.13. The average molecular weight is 294 g/mol. The first-order valence-electron chi connectivity index (χ1n) is 7.90. The molecule has 0 spiro atoms. The van der Waals surface area contributed by atoms with Crippen LogP contribution in [0.5, 0.6) is 0 Å². The fourth-order valence-corrected chi connectivity index (χ4v) is 6.04. The molecule has 1 heterocycles. The third kappa shape index (κ3) is 3.05. The van der Waals surface area contributed by atoms with Gasteiger partial charge in [0.05, 0.1) is 0 Å². The highest BCUT2D eigenvalue weighted by Crippen LogP contribution is 2.68. The molecule has 4 unspecified atom stereocenters. The third-order valence-electron chi connectivity index (χ3n) is 4.91. The van der Waals surface area contributed by atoms with Gasteiger partial charge in [0.25, 0.3) is 0 Å². The second kappa shape index (κ2) is 5.71. The maximum Gasteiger partial charge on any atom is 0.0429 e. The fraction of sp³-hybridized carbons (Fsp3) is 0.722. The van der Waals surface area contributed by atoms with Crippen molar-refractivity contribution in [1.29, 1.82) is 0 Å². The lowest BCUT2D eigenvalue weighted by Gasteiger charge is -2.27. The van der Waals surface area contributed by atoms with Gasteiger partial charge in [-0.25, -0.2) is 10.0 Å². The van der Waals surface area contributed by atoms with Crippen LogP contribution in [0, 0.1) is 11.8 Å². The predicted octanol–water partition coefficient (Wildman–Crippen LogP) is 5.03. The highest BCUT2D eigenvalue weighted by molar-refractivity contribution is 8.32. The van der Waals surface area contributed by atoms with E-state index in [0.29, 0.717) is 5.92 Å². The third-order valence-corrected chi connectivity index (χ3v) is 7.15. The van der Waals surface area contributed by atoms with Gasteiger partial charge in [0.1, 0.15) is 0 Å². The van der Waals surface area contributed by atoms with Crippen molar-refractivity contribution in [1.82, 2.24) is 4.98 Å². The second-order valence-electron chi connectivity index (χ2n) is 7.56. The second-order valence-corrected chi connectivity index (χ2v) is 12.0. The lowest BCUT2D eigenvalue weighted by atomic mass is 9.99. The molecule has 0 saturated heterocycles. The van der Waals surface area contributed by atoms with Gasteiger partial charge in [0.2, 0.25) is 0 Å². The molecule has 2 heteroatoms. The summed E-state index contributed by atoms with van der Waals surface area (Å²) in [5.74, 6) is 2.99. The number of hydrogen-bond acceptors (Lipinski definition) is 1. The van der Waals surface area contributed by atoms with Crippen molar-refractivity contribution >= 4 is 10.0 Å². The Labute approximate surface area is 126 Å². The van der Waals surface area contributed by atoms with Gasteiger partial charge in [-0.2, -0.15) is 0 Å². The zero-order chi connectivity index (χ0) is 15.1. The Kier molecular flexibility index (Phi) is 4.53. The van der Waals surface area contributed by atoms with Crippen molar-refractivity contribution in [2.24, 2.45) is 11.8 Å². The monoisotopic (exact) mass is 293 g/mol. The minimum absolute atomic E-state index is 0.485. The topological polar surface area (TPSA) is 12.9 Å². The predicted molar refractivity (Wildman–Crippen MR) is 93.2 cm³/mol. The SMILES string of the molecule is CCC(C)C1C(c2ccc(C(C)C)nc2)C1S(C)(C)C. The summed E-state index contributed by atoms with van der Waals surface area (Å²) in [6.45, 7) is 9.18. The lowest BCUT2D eigenvalue weighted by Crippen LogP contribution is -2.06. The maximum atomic E-state index is 4.68. The van der Waals surface area contributed by atoms with Crippen molar-refractivity contribution in [2.45, 2.75) is 51.2 Å². The summed E-state index contributed by atoms with van der Waals surface area (Å²) in [6.07, 6.45) is 10.9. The first-order valence-corrected chi connectivity index (χ1v) is 10.8. The van der Waals surface area contributed by atoms with Crippen LogP contribution < -0.4 is 0 Å². The summed E-state index contributed by atoms with van der Waals surface area (Å²) >= 11 is 0. The summed E-state index contributed by atoms with van der Waals surface area (Å²) < 4.78 is 0. The van der Waals surface area contributed by atoms with Gasteiger partial charge >= 0.3 is 0 Å². The molecule has 0 radical (unpaired) electrons. The van der Waals surface area contributed by atoms with E-state index in [9.17, 15) is 0 Å². The van der Waals surface area contributed by atoms with Crippen LogP contribution in [-0.2, 0) is 0 Å². The van der Waals surface area contributed by atoms with E-state index in [1.54, 1.807) is 0 Å². The zero-order valence-electron chi connectivity index (χ0n) is 14.2. The Morgan fingerprint density at radius 3 is 2.20 bits per heavy atom. The van der Waals surface area contributed by atoms with Crippen molar-refractivity contribution in [2.75, 3.05) is 18.8 Å². The van der Waals surface area contributed by atoms with E-state index < -0.39 is 10.0 Å². The smallest absolute Gasteiger partial charge is 0.0429 e. The van der Waals surface area contributed by atoms with Crippen LogP contribution >= 0.6 is 10.0 Å². The molecule has 1 nitrogen and oxygen atoms in total. The van der Waals surface area contributed by atoms with Crippen LogP contribution in [0.1, 0.15) is 57.2 Å². The summed E-state index contributed by atoms with van der Waals surface area (Å²) in [5.41, 5.74) is 2.70. The van der Waals surface area contributed by atoms with Crippen LogP contribution in [0.2, 0.25) is 0 Å². The minimum atomic E-state index is -0.485. The van der Waals surface area contributed by atoms with E-state index in [1.165, 1.54) is 17.7 Å². The number of rotatable bonds is 5. The highest BCUT2D eigenvalue weighted by atomic mass is 32.3. The molecule has 20 heavy (non-hydrogen) atoms. The van der Waals surface area contributed by atoms with Gasteiger partial charge in [-0.3, -0.25) is 4.98 Å². The molecule has 114 valence electrons. The summed E-state index contributed by atoms with van der Waals surface area (Å²) in [5, 5.41) is 0.893. The molecule has 0 amide bonds. The van der Waals surface area contributed by atoms with E-state index in [1.807, 2.05) is 0 Å². The first kappa shape index (κ1) is 15.9. The van der Waals surface area contributed by atoms with Gasteiger partial charge in [0, 0.05) is 17.8 Å². The van der Waals surface area contributed by atoms with Crippen molar-refractivity contribution < 1.29 is 0 Å². The van der Waals surface area contributed by atoms with Crippen LogP contribution in [0.15, 0.2) is 18.3 Å². The molecule has 1 aliphatic carbocycles. The van der Waals surface area contributed by atoms with Crippen LogP contribution in [-0.4, -0.2) is 29.0 Å². The Morgan fingerprint density at radius 2 is 1.80 bits per heavy atom. The van der Waals surface area contributed by atoms with E-state index >= 15 is 0 Å². The molecule has 0 bridgehead atoms. The summed E-state index contributed by atoms with van der Waals surface area (Å²) in [7, 11) is -0.485. The molecule has 1 aliphatic rings. The quantitative estimate of drug-likeness (QED) is 0.742. The standard InChI is InChI=1S/C18H31NS/c1-8-13(4)16-17(18(16)20(5,6)7)14-9-10-15(12(2)3)19-11-14/h9-13,16-18H,8H2,1-7H3. The molecule has 0 aliphatic heterocycles. The molecular formula is C18H31NS. The summed E-state index contributed by atoms with van der Waals surface area (Å²) in [4.78, 5) is 4.68. The van der Waals surface area contributed by atoms with Gasteiger partial charge in [-0.05, 0) is 53.4 Å². The van der Waals surface area contributed by atoms with E-state index in [0.717, 1.165) is 23.0 Å². The van der Waals surface area contributed by atoms with E-state index in [-0.39, 0.29) is 0 Å². The number of aromatic nitrogens is 1. The van der Waals surface area contributed by atoms with E-state index in [4.69, 9.17) is 0 Å². The number of pyridine rings is 1. The number of nitrogens with zero attached hydrogens (tertiary/aromatic N) is 1. The number of hydrogen-bond donors (Lipinski definition) is 0. The molecule has 0 aromatic carbocycles. The largest absolute Gasteiger partial charge is 0.261 e. The van der Waals surface area contributed by atoms with Gasteiger partial charge < -0.3 is 0 Å². The van der Waals surface area contributed by atoms with Crippen LogP contribution in [0.4, 0.5) is 0 Å². The maximum absolute atomic E-state index is 4.68. The van der Waals surface area contributed by atoms with E-state index in [2.05, 4.69) is 69.8 Å². The van der Waals surface area contributed by atoms with Gasteiger partial charge in [-0.15, -0.1) is 0 Å². The molecule has 0 N–H and O–H groups in total. The van der Waals surface area contributed by atoms with Crippen molar-refractivity contribution in [3.05, 3.63) is 29.6 Å². The Balaban J connectivity index is 2.22. The van der Waals surface area contributed by atoms with Gasteiger partial charge in [0.15, 0.2) is 0 Å². The van der Waals surface area contributed by atoms with Gasteiger partial charge in [-0.1, -0.05) is 40.2 Å². The normalized spacial score (nSPS) is 28.5. The zero-order valence-corrected chi connectivity index (χ0v) is 15.0. The Hall–Kier alpha value is -0.500. The van der Waals surface area contributed by atoms with Crippen LogP contribution in [0.3, 0.4) is 0 Å². The molecule has 1 fully saturated rings. The Bertz CT molecular complexity index is 443. The van der Waals surface area contributed by atoms with Crippen LogP contribution in [0.25, 0.3) is 0 Å². The fourth-order valence-electron chi connectivity index (χ4n) is 3.53. The first-order chi connectivity index (χ1) is 9.27. The lowest BCUT2D eigenvalue weighted by molar-refractivity contribution is 0.483. The highest BCUT2D eigenvalue weighted by Gasteiger charge is 2.56. The molecule has 1 aromatic rings. The molecule has 2 rings (SSSR count). The molecular weight excluding hydrogens is 262 g/mol. The summed E-state index contributed by atoms with van der Waals surface area (Å²) in [6, 6.07) is 4.58. The van der Waals surface area contributed by atoms with Crippen molar-refractivity contribution in [3.8, 4) is 0 Å². The molecule has 4 atom stereocenters. The van der Waals surface area contributed by atoms with Crippen molar-refractivity contribution in [3.63, 3.8) is 0 Å². The molecule has 1 aromatic heterocycles. The Morgan fingerprint density at radius 1 is 1.15 bits per heavy atom.